The molecule has 1 aliphatic heterocycles. The van der Waals surface area contributed by atoms with Crippen LogP contribution < -0.4 is 4.74 Å². The Hall–Kier alpha value is -1.55. The Balaban J connectivity index is 1.91. The van der Waals surface area contributed by atoms with Gasteiger partial charge in [0.05, 0.1) is 13.7 Å². The number of ether oxygens (including phenoxy) is 3. The van der Waals surface area contributed by atoms with E-state index in [4.69, 9.17) is 9.47 Å². The number of benzene rings is 1. The van der Waals surface area contributed by atoms with Gasteiger partial charge >= 0.3 is 5.97 Å². The third kappa shape index (κ3) is 2.10. The van der Waals surface area contributed by atoms with Crippen LogP contribution in [-0.2, 0) is 14.3 Å². The van der Waals surface area contributed by atoms with E-state index in [0.29, 0.717) is 6.61 Å². The van der Waals surface area contributed by atoms with Crippen LogP contribution in [0.4, 0.5) is 0 Å². The standard InChI is InChI=1S/C11H12O4/c1-13-10(12)11(8-15-11)7-14-9-5-3-2-4-6-9/h2-6H,7-8H2,1H3. The van der Waals surface area contributed by atoms with Gasteiger partial charge in [0.15, 0.2) is 0 Å². The number of hydrogen-bond donors (Lipinski definition) is 0. The predicted molar refractivity (Wildman–Crippen MR) is 52.6 cm³/mol. The van der Waals surface area contributed by atoms with Crippen LogP contribution >= 0.6 is 0 Å². The van der Waals surface area contributed by atoms with Crippen LogP contribution in [0.25, 0.3) is 0 Å². The molecule has 15 heavy (non-hydrogen) atoms. The van der Waals surface area contributed by atoms with Crippen molar-refractivity contribution in [2.24, 2.45) is 0 Å². The van der Waals surface area contributed by atoms with E-state index >= 15 is 0 Å². The van der Waals surface area contributed by atoms with Gasteiger partial charge in [-0.1, -0.05) is 18.2 Å². The van der Waals surface area contributed by atoms with Crippen molar-refractivity contribution in [3.8, 4) is 5.75 Å². The van der Waals surface area contributed by atoms with Crippen molar-refractivity contribution >= 4 is 5.97 Å². The molecule has 0 amide bonds. The van der Waals surface area contributed by atoms with Crippen LogP contribution in [0.2, 0.25) is 0 Å². The molecule has 0 aromatic heterocycles. The van der Waals surface area contributed by atoms with E-state index in [1.807, 2.05) is 30.3 Å². The monoisotopic (exact) mass is 208 g/mol. The number of carbonyl (C=O) groups excluding carboxylic acids is 1. The molecule has 1 aliphatic rings. The third-order valence-electron chi connectivity index (χ3n) is 2.27. The van der Waals surface area contributed by atoms with Crippen molar-refractivity contribution in [2.45, 2.75) is 5.60 Å². The third-order valence-corrected chi connectivity index (χ3v) is 2.27. The molecule has 0 saturated carbocycles. The topological polar surface area (TPSA) is 48.1 Å². The minimum Gasteiger partial charge on any atom is -0.490 e. The quantitative estimate of drug-likeness (QED) is 0.547. The molecule has 4 nitrogen and oxygen atoms in total. The smallest absolute Gasteiger partial charge is 0.344 e. The lowest BCUT2D eigenvalue weighted by atomic mass is 10.2. The first-order valence-electron chi connectivity index (χ1n) is 4.67. The second-order valence-electron chi connectivity index (χ2n) is 3.38. The van der Waals surface area contributed by atoms with Crippen LogP contribution in [-0.4, -0.2) is 31.9 Å². The molecule has 1 saturated heterocycles. The van der Waals surface area contributed by atoms with Crippen molar-refractivity contribution in [1.82, 2.24) is 0 Å². The normalized spacial score (nSPS) is 23.3. The van der Waals surface area contributed by atoms with Gasteiger partial charge in [-0.3, -0.25) is 0 Å². The summed E-state index contributed by atoms with van der Waals surface area (Å²) in [6, 6.07) is 9.29. The molecule has 0 aliphatic carbocycles. The maximum absolute atomic E-state index is 11.3. The largest absolute Gasteiger partial charge is 0.490 e. The van der Waals surface area contributed by atoms with Gasteiger partial charge in [0.2, 0.25) is 5.60 Å². The molecule has 2 rings (SSSR count). The molecule has 1 aromatic rings. The Kier molecular flexibility index (Phi) is 2.60. The van der Waals surface area contributed by atoms with Crippen molar-refractivity contribution < 1.29 is 19.0 Å². The fourth-order valence-electron chi connectivity index (χ4n) is 1.25. The van der Waals surface area contributed by atoms with Gasteiger partial charge in [0.25, 0.3) is 0 Å². The Morgan fingerprint density at radius 2 is 2.13 bits per heavy atom. The number of para-hydroxylation sites is 1. The lowest BCUT2D eigenvalue weighted by Crippen LogP contribution is -2.32. The molecular weight excluding hydrogens is 196 g/mol. The molecule has 80 valence electrons. The first kappa shape index (κ1) is 9.98. The molecular formula is C11H12O4. The second-order valence-corrected chi connectivity index (χ2v) is 3.38. The van der Waals surface area contributed by atoms with E-state index in [1.54, 1.807) is 0 Å². The summed E-state index contributed by atoms with van der Waals surface area (Å²) in [7, 11) is 1.34. The lowest BCUT2D eigenvalue weighted by molar-refractivity contribution is -0.148. The molecule has 4 heteroatoms. The van der Waals surface area contributed by atoms with Gasteiger partial charge in [-0.05, 0) is 12.1 Å². The van der Waals surface area contributed by atoms with Crippen LogP contribution in [0, 0.1) is 0 Å². The summed E-state index contributed by atoms with van der Waals surface area (Å²) in [6.07, 6.45) is 0. The fourth-order valence-corrected chi connectivity index (χ4v) is 1.25. The average Bonchev–Trinajstić information content (AvgIpc) is 3.08. The van der Waals surface area contributed by atoms with Crippen molar-refractivity contribution in [3.05, 3.63) is 30.3 Å². The first-order valence-corrected chi connectivity index (χ1v) is 4.67. The zero-order valence-corrected chi connectivity index (χ0v) is 8.43. The highest BCUT2D eigenvalue weighted by molar-refractivity contribution is 5.82. The van der Waals surface area contributed by atoms with E-state index in [0.717, 1.165) is 5.75 Å². The summed E-state index contributed by atoms with van der Waals surface area (Å²) in [5.74, 6) is 0.342. The van der Waals surface area contributed by atoms with E-state index in [1.165, 1.54) is 7.11 Å². The molecule has 1 fully saturated rings. The number of hydrogen-bond acceptors (Lipinski definition) is 4. The van der Waals surface area contributed by atoms with Crippen molar-refractivity contribution in [2.75, 3.05) is 20.3 Å². The van der Waals surface area contributed by atoms with Gasteiger partial charge in [-0.25, -0.2) is 4.79 Å². The number of rotatable bonds is 4. The van der Waals surface area contributed by atoms with Crippen molar-refractivity contribution in [1.29, 1.82) is 0 Å². The molecule has 1 aromatic carbocycles. The van der Waals surface area contributed by atoms with Crippen LogP contribution in [0.1, 0.15) is 0 Å². The number of epoxide rings is 1. The molecule has 1 atom stereocenters. The number of carbonyl (C=O) groups is 1. The van der Waals surface area contributed by atoms with Gasteiger partial charge in [0.1, 0.15) is 12.4 Å². The summed E-state index contributed by atoms with van der Waals surface area (Å²) in [4.78, 5) is 11.3. The van der Waals surface area contributed by atoms with Crippen LogP contribution in [0.3, 0.4) is 0 Å². The SMILES string of the molecule is COC(=O)C1(COc2ccccc2)CO1. The Bertz CT molecular complexity index is 343. The Morgan fingerprint density at radius 3 is 2.67 bits per heavy atom. The van der Waals surface area contributed by atoms with E-state index in [2.05, 4.69) is 4.74 Å². The van der Waals surface area contributed by atoms with E-state index in [-0.39, 0.29) is 12.6 Å². The fraction of sp³-hybridized carbons (Fsp3) is 0.364. The predicted octanol–water partition coefficient (Wildman–Crippen LogP) is 1.01. The van der Waals surface area contributed by atoms with Gasteiger partial charge in [0, 0.05) is 0 Å². The summed E-state index contributed by atoms with van der Waals surface area (Å²) in [5.41, 5.74) is -0.870. The summed E-state index contributed by atoms with van der Waals surface area (Å²) in [6.45, 7) is 0.566. The summed E-state index contributed by atoms with van der Waals surface area (Å²) >= 11 is 0. The average molecular weight is 208 g/mol. The summed E-state index contributed by atoms with van der Waals surface area (Å²) in [5, 5.41) is 0. The highest BCUT2D eigenvalue weighted by Gasteiger charge is 2.54. The van der Waals surface area contributed by atoms with E-state index < -0.39 is 5.60 Å². The first-order chi connectivity index (χ1) is 7.27. The Labute approximate surface area is 87.8 Å². The maximum atomic E-state index is 11.3. The zero-order chi connectivity index (χ0) is 10.7. The maximum Gasteiger partial charge on any atom is 0.344 e. The molecule has 1 unspecified atom stereocenters. The minimum atomic E-state index is -0.870. The molecule has 0 spiro atoms. The van der Waals surface area contributed by atoms with Gasteiger partial charge in [-0.2, -0.15) is 0 Å². The zero-order valence-electron chi connectivity index (χ0n) is 8.43. The lowest BCUT2D eigenvalue weighted by Gasteiger charge is -2.10. The molecule has 0 N–H and O–H groups in total. The summed E-state index contributed by atoms with van der Waals surface area (Å²) < 4.78 is 15.1. The Morgan fingerprint density at radius 1 is 1.47 bits per heavy atom. The number of methoxy groups -OCH3 is 1. The minimum absolute atomic E-state index is 0.198. The highest BCUT2D eigenvalue weighted by Crippen LogP contribution is 2.29. The second kappa shape index (κ2) is 3.90. The highest BCUT2D eigenvalue weighted by atomic mass is 16.7. The van der Waals surface area contributed by atoms with Crippen molar-refractivity contribution in [3.63, 3.8) is 0 Å². The molecule has 0 bridgehead atoms. The molecule has 0 radical (unpaired) electrons. The van der Waals surface area contributed by atoms with Gasteiger partial charge in [-0.15, -0.1) is 0 Å². The van der Waals surface area contributed by atoms with Crippen LogP contribution in [0.15, 0.2) is 30.3 Å². The number of esters is 1. The van der Waals surface area contributed by atoms with Crippen LogP contribution in [0.5, 0.6) is 5.75 Å². The molecule has 1 heterocycles. The van der Waals surface area contributed by atoms with Gasteiger partial charge < -0.3 is 14.2 Å². The van der Waals surface area contributed by atoms with E-state index in [9.17, 15) is 4.79 Å².